The van der Waals surface area contributed by atoms with Crippen molar-refractivity contribution in [2.45, 2.75) is 6.10 Å². The molecule has 5 nitrogen and oxygen atoms in total. The molecule has 0 aliphatic carbocycles. The lowest BCUT2D eigenvalue weighted by Crippen LogP contribution is -2.34. The highest BCUT2D eigenvalue weighted by molar-refractivity contribution is 5.42. The Kier molecular flexibility index (Phi) is 6.90. The van der Waals surface area contributed by atoms with E-state index in [0.29, 0.717) is 37.6 Å². The van der Waals surface area contributed by atoms with Crippen LogP contribution in [0.4, 0.5) is 0 Å². The van der Waals surface area contributed by atoms with Crippen LogP contribution >= 0.6 is 0 Å². The minimum atomic E-state index is -0.499. The highest BCUT2D eigenvalue weighted by Crippen LogP contribution is 2.16. The van der Waals surface area contributed by atoms with E-state index in [1.165, 1.54) is 0 Å². The standard InChI is InChI=1S/C14H20N2O3/c1-16(10-13(17)11-18-2)7-8-19-14-6-4-3-5-12(14)9-15/h3-6,13,17H,7-8,10-11H2,1-2H3. The molecule has 19 heavy (non-hydrogen) atoms. The number of para-hydroxylation sites is 1. The van der Waals surface area contributed by atoms with Gasteiger partial charge in [-0.05, 0) is 19.2 Å². The molecule has 1 rings (SSSR count). The predicted molar refractivity (Wildman–Crippen MR) is 72.0 cm³/mol. The molecule has 0 spiro atoms. The number of methoxy groups -OCH3 is 1. The second-order valence-electron chi connectivity index (χ2n) is 4.33. The van der Waals surface area contributed by atoms with Gasteiger partial charge in [0.15, 0.2) is 0 Å². The molecule has 0 aliphatic heterocycles. The van der Waals surface area contributed by atoms with Crippen LogP contribution in [0.1, 0.15) is 5.56 Å². The minimum absolute atomic E-state index is 0.322. The summed E-state index contributed by atoms with van der Waals surface area (Å²) in [5.74, 6) is 0.593. The summed E-state index contributed by atoms with van der Waals surface area (Å²) >= 11 is 0. The Morgan fingerprint density at radius 3 is 2.84 bits per heavy atom. The first-order valence-corrected chi connectivity index (χ1v) is 6.15. The molecule has 5 heteroatoms. The molecule has 0 saturated carbocycles. The number of ether oxygens (including phenoxy) is 2. The van der Waals surface area contributed by atoms with Crippen molar-refractivity contribution in [1.82, 2.24) is 4.90 Å². The molecule has 1 N–H and O–H groups in total. The summed E-state index contributed by atoms with van der Waals surface area (Å²) in [6.07, 6.45) is -0.499. The van der Waals surface area contributed by atoms with E-state index in [-0.39, 0.29) is 0 Å². The lowest BCUT2D eigenvalue weighted by Gasteiger charge is -2.20. The highest BCUT2D eigenvalue weighted by Gasteiger charge is 2.08. The minimum Gasteiger partial charge on any atom is -0.491 e. The smallest absolute Gasteiger partial charge is 0.137 e. The van der Waals surface area contributed by atoms with E-state index in [2.05, 4.69) is 6.07 Å². The van der Waals surface area contributed by atoms with Crippen LogP contribution in [-0.4, -0.2) is 56.6 Å². The maximum Gasteiger partial charge on any atom is 0.137 e. The Balaban J connectivity index is 2.32. The van der Waals surface area contributed by atoms with Gasteiger partial charge < -0.3 is 19.5 Å². The number of aliphatic hydroxyl groups is 1. The Labute approximate surface area is 114 Å². The maximum atomic E-state index is 9.57. The molecule has 0 amide bonds. The fourth-order valence-electron chi connectivity index (χ4n) is 1.69. The molecule has 1 aromatic rings. The summed E-state index contributed by atoms with van der Waals surface area (Å²) in [4.78, 5) is 1.96. The molecule has 104 valence electrons. The van der Waals surface area contributed by atoms with Crippen LogP contribution in [0.15, 0.2) is 24.3 Å². The van der Waals surface area contributed by atoms with Gasteiger partial charge in [-0.15, -0.1) is 0 Å². The van der Waals surface area contributed by atoms with Gasteiger partial charge >= 0.3 is 0 Å². The second-order valence-corrected chi connectivity index (χ2v) is 4.33. The van der Waals surface area contributed by atoms with Crippen molar-refractivity contribution in [3.05, 3.63) is 29.8 Å². The molecule has 1 unspecified atom stereocenters. The van der Waals surface area contributed by atoms with E-state index in [1.54, 1.807) is 25.3 Å². The van der Waals surface area contributed by atoms with Crippen LogP contribution < -0.4 is 4.74 Å². The molecule has 0 bridgehead atoms. The number of likely N-dealkylation sites (N-methyl/N-ethyl adjacent to an activating group) is 1. The zero-order valence-electron chi connectivity index (χ0n) is 11.4. The lowest BCUT2D eigenvalue weighted by molar-refractivity contribution is 0.0410. The van der Waals surface area contributed by atoms with Crippen molar-refractivity contribution in [3.8, 4) is 11.8 Å². The number of hydrogen-bond acceptors (Lipinski definition) is 5. The average Bonchev–Trinajstić information content (AvgIpc) is 2.39. The fraction of sp³-hybridized carbons (Fsp3) is 0.500. The number of rotatable bonds is 8. The fourth-order valence-corrected chi connectivity index (χ4v) is 1.69. The quantitative estimate of drug-likeness (QED) is 0.755. The predicted octanol–water partition coefficient (Wildman–Crippen LogP) is 0.876. The van der Waals surface area contributed by atoms with Crippen molar-refractivity contribution in [3.63, 3.8) is 0 Å². The van der Waals surface area contributed by atoms with Gasteiger partial charge in [-0.1, -0.05) is 12.1 Å². The second kappa shape index (κ2) is 8.48. The molecule has 1 aromatic carbocycles. The summed E-state index contributed by atoms with van der Waals surface area (Å²) in [6, 6.07) is 9.23. The molecule has 0 fully saturated rings. The van der Waals surface area contributed by atoms with E-state index >= 15 is 0 Å². The molecular weight excluding hydrogens is 244 g/mol. The molecule has 0 aromatic heterocycles. The topological polar surface area (TPSA) is 65.7 Å². The van der Waals surface area contributed by atoms with Crippen molar-refractivity contribution in [2.24, 2.45) is 0 Å². The first-order chi connectivity index (χ1) is 9.17. The number of nitriles is 1. The van der Waals surface area contributed by atoms with Gasteiger partial charge in [0, 0.05) is 20.2 Å². The Morgan fingerprint density at radius 2 is 2.16 bits per heavy atom. The molecule has 0 radical (unpaired) electrons. The lowest BCUT2D eigenvalue weighted by atomic mass is 10.2. The van der Waals surface area contributed by atoms with Crippen molar-refractivity contribution >= 4 is 0 Å². The van der Waals surface area contributed by atoms with E-state index in [1.807, 2.05) is 18.0 Å². The molecule has 0 heterocycles. The molecular formula is C14H20N2O3. The number of benzene rings is 1. The molecule has 0 aliphatic rings. The van der Waals surface area contributed by atoms with Gasteiger partial charge in [0.2, 0.25) is 0 Å². The SMILES string of the molecule is COCC(O)CN(C)CCOc1ccccc1C#N. The Morgan fingerprint density at radius 1 is 1.42 bits per heavy atom. The van der Waals surface area contributed by atoms with Gasteiger partial charge in [0.1, 0.15) is 18.4 Å². The summed E-state index contributed by atoms with van der Waals surface area (Å²) in [7, 11) is 3.46. The zero-order valence-corrected chi connectivity index (χ0v) is 11.4. The monoisotopic (exact) mass is 264 g/mol. The summed E-state index contributed by atoms with van der Waals surface area (Å²) in [5, 5.41) is 18.5. The van der Waals surface area contributed by atoms with Gasteiger partial charge in [-0.2, -0.15) is 5.26 Å². The van der Waals surface area contributed by atoms with Gasteiger partial charge in [0.05, 0.1) is 18.3 Å². The first-order valence-electron chi connectivity index (χ1n) is 6.15. The van der Waals surface area contributed by atoms with Gasteiger partial charge in [-0.25, -0.2) is 0 Å². The van der Waals surface area contributed by atoms with Crippen LogP contribution in [0.2, 0.25) is 0 Å². The normalized spacial score (nSPS) is 12.2. The number of nitrogens with zero attached hydrogens (tertiary/aromatic N) is 2. The third-order valence-corrected chi connectivity index (χ3v) is 2.62. The van der Waals surface area contributed by atoms with Crippen LogP contribution in [0.5, 0.6) is 5.75 Å². The van der Waals surface area contributed by atoms with Crippen LogP contribution in [0, 0.1) is 11.3 Å². The van der Waals surface area contributed by atoms with Crippen LogP contribution in [0.25, 0.3) is 0 Å². The Bertz CT molecular complexity index is 417. The third kappa shape index (κ3) is 5.71. The van der Waals surface area contributed by atoms with Gasteiger partial charge in [0.25, 0.3) is 0 Å². The van der Waals surface area contributed by atoms with Crippen molar-refractivity contribution < 1.29 is 14.6 Å². The summed E-state index contributed by atoms with van der Waals surface area (Å²) in [6.45, 7) is 1.98. The molecule has 0 saturated heterocycles. The summed E-state index contributed by atoms with van der Waals surface area (Å²) in [5.41, 5.74) is 0.532. The molecule has 1 atom stereocenters. The van der Waals surface area contributed by atoms with Gasteiger partial charge in [-0.3, -0.25) is 0 Å². The van der Waals surface area contributed by atoms with Crippen LogP contribution in [-0.2, 0) is 4.74 Å². The third-order valence-electron chi connectivity index (χ3n) is 2.62. The van der Waals surface area contributed by atoms with E-state index in [4.69, 9.17) is 14.7 Å². The number of aliphatic hydroxyl groups excluding tert-OH is 1. The van der Waals surface area contributed by atoms with E-state index < -0.39 is 6.10 Å². The van der Waals surface area contributed by atoms with E-state index in [9.17, 15) is 5.11 Å². The summed E-state index contributed by atoms with van der Waals surface area (Å²) < 4.78 is 10.4. The largest absolute Gasteiger partial charge is 0.491 e. The maximum absolute atomic E-state index is 9.57. The average molecular weight is 264 g/mol. The highest BCUT2D eigenvalue weighted by atomic mass is 16.5. The van der Waals surface area contributed by atoms with Crippen LogP contribution in [0.3, 0.4) is 0 Å². The first kappa shape index (κ1) is 15.4. The van der Waals surface area contributed by atoms with Crippen molar-refractivity contribution in [2.75, 3.05) is 40.5 Å². The zero-order chi connectivity index (χ0) is 14.1. The number of hydrogen-bond donors (Lipinski definition) is 1. The van der Waals surface area contributed by atoms with Crippen molar-refractivity contribution in [1.29, 1.82) is 5.26 Å². The Hall–Kier alpha value is -1.61. The van der Waals surface area contributed by atoms with E-state index in [0.717, 1.165) is 0 Å².